The number of pyridine rings is 1. The van der Waals surface area contributed by atoms with Gasteiger partial charge in [0.1, 0.15) is 0 Å². The van der Waals surface area contributed by atoms with Gasteiger partial charge < -0.3 is 4.90 Å². The van der Waals surface area contributed by atoms with Gasteiger partial charge in [-0.2, -0.15) is 0 Å². The number of H-pyrrole nitrogens is 1. The normalized spacial score (nSPS) is 25.6. The summed E-state index contributed by atoms with van der Waals surface area (Å²) in [4.78, 5) is 32.3. The topological polar surface area (TPSA) is 71.0 Å². The van der Waals surface area contributed by atoms with Crippen LogP contribution >= 0.6 is 0 Å². The zero-order valence-electron chi connectivity index (χ0n) is 14.4. The molecule has 3 aliphatic rings. The Morgan fingerprint density at radius 2 is 1.88 bits per heavy atom. The van der Waals surface area contributed by atoms with Crippen molar-refractivity contribution in [2.24, 2.45) is 18.9 Å². The predicted molar refractivity (Wildman–Crippen MR) is 94.6 cm³/mol. The SMILES string of the molecule is Cn1[nH]c(=O)c2c(C(=O)N3C[C@H]4CC=CC[C@@H]4C3)cc(C3CC3)nc21. The molecule has 1 saturated carbocycles. The second-order valence-electron chi connectivity index (χ2n) is 7.74. The van der Waals surface area contributed by atoms with Crippen LogP contribution in [0.4, 0.5) is 0 Å². The van der Waals surface area contributed by atoms with Crippen molar-refractivity contribution in [3.05, 3.63) is 39.8 Å². The van der Waals surface area contributed by atoms with Crippen molar-refractivity contribution in [3.8, 4) is 0 Å². The van der Waals surface area contributed by atoms with Crippen molar-refractivity contribution in [2.75, 3.05) is 13.1 Å². The summed E-state index contributed by atoms with van der Waals surface area (Å²) in [6.07, 6.45) is 8.80. The van der Waals surface area contributed by atoms with Crippen molar-refractivity contribution in [1.29, 1.82) is 0 Å². The Morgan fingerprint density at radius 3 is 2.52 bits per heavy atom. The number of hydrogen-bond donors (Lipinski definition) is 1. The third kappa shape index (κ3) is 2.34. The van der Waals surface area contributed by atoms with Crippen molar-refractivity contribution in [2.45, 2.75) is 31.6 Å². The fraction of sp³-hybridized carbons (Fsp3) is 0.526. The lowest BCUT2D eigenvalue weighted by Crippen LogP contribution is -2.30. The number of aromatic nitrogens is 3. The van der Waals surface area contributed by atoms with Crippen LogP contribution in [-0.2, 0) is 7.05 Å². The second-order valence-corrected chi connectivity index (χ2v) is 7.74. The van der Waals surface area contributed by atoms with E-state index in [2.05, 4.69) is 22.2 Å². The van der Waals surface area contributed by atoms with Crippen LogP contribution in [0.3, 0.4) is 0 Å². The third-order valence-electron chi connectivity index (χ3n) is 5.97. The summed E-state index contributed by atoms with van der Waals surface area (Å²) >= 11 is 0. The van der Waals surface area contributed by atoms with E-state index in [1.165, 1.54) is 0 Å². The van der Waals surface area contributed by atoms with Crippen LogP contribution in [0.1, 0.15) is 47.7 Å². The van der Waals surface area contributed by atoms with Gasteiger partial charge in [-0.15, -0.1) is 0 Å². The average Bonchev–Trinajstić information content (AvgIpc) is 3.31. The molecular formula is C19H22N4O2. The lowest BCUT2D eigenvalue weighted by atomic mass is 9.86. The number of likely N-dealkylation sites (tertiary alicyclic amines) is 1. The van der Waals surface area contributed by atoms with Crippen LogP contribution < -0.4 is 5.56 Å². The van der Waals surface area contributed by atoms with E-state index in [4.69, 9.17) is 0 Å². The number of rotatable bonds is 2. The molecule has 2 aliphatic carbocycles. The highest BCUT2D eigenvalue weighted by molar-refractivity contribution is 6.05. The Hall–Kier alpha value is -2.37. The van der Waals surface area contributed by atoms with Gasteiger partial charge >= 0.3 is 0 Å². The van der Waals surface area contributed by atoms with Gasteiger partial charge in [0.25, 0.3) is 11.5 Å². The van der Waals surface area contributed by atoms with Crippen LogP contribution in [0, 0.1) is 11.8 Å². The van der Waals surface area contributed by atoms with Crippen molar-refractivity contribution in [3.63, 3.8) is 0 Å². The van der Waals surface area contributed by atoms with Crippen LogP contribution in [0.5, 0.6) is 0 Å². The van der Waals surface area contributed by atoms with Gasteiger partial charge in [0.2, 0.25) is 0 Å². The molecule has 2 atom stereocenters. The predicted octanol–water partition coefficient (Wildman–Crippen LogP) is 2.18. The maximum atomic E-state index is 13.3. The largest absolute Gasteiger partial charge is 0.338 e. The minimum atomic E-state index is -0.228. The molecule has 1 aliphatic heterocycles. The molecule has 0 bridgehead atoms. The number of carbonyl (C=O) groups excluding carboxylic acids is 1. The van der Waals surface area contributed by atoms with E-state index < -0.39 is 0 Å². The molecule has 2 aromatic rings. The maximum absolute atomic E-state index is 13.3. The van der Waals surface area contributed by atoms with E-state index >= 15 is 0 Å². The summed E-state index contributed by atoms with van der Waals surface area (Å²) < 4.78 is 1.63. The molecule has 2 aromatic heterocycles. The highest BCUT2D eigenvalue weighted by atomic mass is 16.2. The molecular weight excluding hydrogens is 316 g/mol. The molecule has 0 spiro atoms. The number of allylic oxidation sites excluding steroid dienone is 2. The molecule has 5 rings (SSSR count). The van der Waals surface area contributed by atoms with Crippen molar-refractivity contribution >= 4 is 16.9 Å². The number of nitrogens with zero attached hydrogens (tertiary/aromatic N) is 3. The van der Waals surface area contributed by atoms with E-state index in [1.807, 2.05) is 11.0 Å². The fourth-order valence-electron chi connectivity index (χ4n) is 4.39. The van der Waals surface area contributed by atoms with E-state index in [0.717, 1.165) is 44.5 Å². The van der Waals surface area contributed by atoms with Crippen LogP contribution in [-0.4, -0.2) is 38.7 Å². The number of amides is 1. The molecule has 6 nitrogen and oxygen atoms in total. The Kier molecular flexibility index (Phi) is 3.17. The van der Waals surface area contributed by atoms with E-state index in [1.54, 1.807) is 11.7 Å². The standard InChI is InChI=1S/C19H22N4O2/c1-22-17-16(18(24)21-22)14(8-15(20-17)11-6-7-11)19(25)23-9-12-4-2-3-5-13(12)10-23/h2-3,8,11-13H,4-7,9-10H2,1H3,(H,21,24)/t12-,13-/m1/s1. The van der Waals surface area contributed by atoms with Crippen molar-refractivity contribution < 1.29 is 4.79 Å². The molecule has 25 heavy (non-hydrogen) atoms. The number of fused-ring (bicyclic) bond motifs is 2. The third-order valence-corrected chi connectivity index (χ3v) is 5.97. The number of nitrogens with one attached hydrogen (secondary N) is 1. The molecule has 130 valence electrons. The molecule has 2 fully saturated rings. The van der Waals surface area contributed by atoms with Gasteiger partial charge in [0.15, 0.2) is 5.65 Å². The quantitative estimate of drug-likeness (QED) is 0.853. The Balaban J connectivity index is 1.57. The Morgan fingerprint density at radius 1 is 1.20 bits per heavy atom. The summed E-state index contributed by atoms with van der Waals surface area (Å²) in [5.41, 5.74) is 1.84. The number of hydrogen-bond acceptors (Lipinski definition) is 3. The van der Waals surface area contributed by atoms with E-state index in [0.29, 0.717) is 34.4 Å². The molecule has 3 heterocycles. The van der Waals surface area contributed by atoms with E-state index in [9.17, 15) is 9.59 Å². The first-order chi connectivity index (χ1) is 12.1. The van der Waals surface area contributed by atoms with Crippen molar-refractivity contribution in [1.82, 2.24) is 19.7 Å². The van der Waals surface area contributed by atoms with Gasteiger partial charge in [-0.05, 0) is 43.6 Å². The molecule has 0 radical (unpaired) electrons. The first-order valence-corrected chi connectivity index (χ1v) is 9.15. The zero-order valence-corrected chi connectivity index (χ0v) is 14.4. The molecule has 1 saturated heterocycles. The highest BCUT2D eigenvalue weighted by Gasteiger charge is 2.37. The van der Waals surface area contributed by atoms with Crippen LogP contribution in [0.15, 0.2) is 23.0 Å². The van der Waals surface area contributed by atoms with Gasteiger partial charge in [0.05, 0.1) is 10.9 Å². The minimum absolute atomic E-state index is 0.0135. The fourth-order valence-corrected chi connectivity index (χ4v) is 4.39. The van der Waals surface area contributed by atoms with Gasteiger partial charge in [-0.25, -0.2) is 4.98 Å². The summed E-state index contributed by atoms with van der Waals surface area (Å²) in [6.45, 7) is 1.59. The van der Waals surface area contributed by atoms with E-state index in [-0.39, 0.29) is 11.5 Å². The van der Waals surface area contributed by atoms with Gasteiger partial charge in [-0.3, -0.25) is 19.4 Å². The monoisotopic (exact) mass is 338 g/mol. The second kappa shape index (κ2) is 5.31. The molecule has 0 aromatic carbocycles. The maximum Gasteiger partial charge on any atom is 0.274 e. The molecule has 6 heteroatoms. The first kappa shape index (κ1) is 14.9. The molecule has 0 unspecified atom stereocenters. The smallest absolute Gasteiger partial charge is 0.274 e. The zero-order chi connectivity index (χ0) is 17.1. The lowest BCUT2D eigenvalue weighted by Gasteiger charge is -2.17. The summed E-state index contributed by atoms with van der Waals surface area (Å²) in [7, 11) is 1.78. The number of aryl methyl sites for hydroxylation is 1. The van der Waals surface area contributed by atoms with Crippen LogP contribution in [0.25, 0.3) is 11.0 Å². The molecule has 1 N–H and O–H groups in total. The highest BCUT2D eigenvalue weighted by Crippen LogP contribution is 2.40. The Labute approximate surface area is 145 Å². The summed E-state index contributed by atoms with van der Waals surface area (Å²) in [6, 6.07) is 1.87. The van der Waals surface area contributed by atoms with Gasteiger partial charge in [-0.1, -0.05) is 12.2 Å². The minimum Gasteiger partial charge on any atom is -0.338 e. The molecule has 1 amide bonds. The summed E-state index contributed by atoms with van der Waals surface area (Å²) in [5.74, 6) is 1.54. The van der Waals surface area contributed by atoms with Gasteiger partial charge in [0, 0.05) is 31.7 Å². The first-order valence-electron chi connectivity index (χ1n) is 9.15. The lowest BCUT2D eigenvalue weighted by molar-refractivity contribution is 0.0786. The summed E-state index contributed by atoms with van der Waals surface area (Å²) in [5, 5.41) is 3.19. The average molecular weight is 338 g/mol. The Bertz CT molecular complexity index is 934. The number of carbonyl (C=O) groups is 1. The number of aromatic amines is 1. The van der Waals surface area contributed by atoms with Crippen LogP contribution in [0.2, 0.25) is 0 Å².